The molecule has 2 aromatic carbocycles. The number of nitrogens with zero attached hydrogens (tertiary/aromatic N) is 1. The highest BCUT2D eigenvalue weighted by atomic mass is 32.1. The van der Waals surface area contributed by atoms with E-state index in [9.17, 15) is 14.0 Å². The molecule has 1 amide bonds. The highest BCUT2D eigenvalue weighted by Gasteiger charge is 2.33. The van der Waals surface area contributed by atoms with Crippen molar-refractivity contribution in [1.82, 2.24) is 10.2 Å². The molecule has 0 radical (unpaired) electrons. The smallest absolute Gasteiger partial charge is 0.338 e. The van der Waals surface area contributed by atoms with Crippen LogP contribution in [-0.2, 0) is 9.53 Å². The van der Waals surface area contributed by atoms with Crippen molar-refractivity contribution in [3.63, 3.8) is 0 Å². The second-order valence-electron chi connectivity index (χ2n) is 8.02. The van der Waals surface area contributed by atoms with E-state index in [1.807, 2.05) is 32.9 Å². The maximum atomic E-state index is 13.1. The van der Waals surface area contributed by atoms with E-state index >= 15 is 0 Å². The first-order valence-corrected chi connectivity index (χ1v) is 10.7. The Hall–Kier alpha value is -3.26. The lowest BCUT2D eigenvalue weighted by Crippen LogP contribution is -2.46. The van der Waals surface area contributed by atoms with Crippen molar-refractivity contribution < 1.29 is 18.7 Å². The van der Waals surface area contributed by atoms with Gasteiger partial charge in [0, 0.05) is 24.0 Å². The van der Waals surface area contributed by atoms with Crippen LogP contribution in [0.4, 0.5) is 10.1 Å². The molecule has 3 rings (SSSR count). The Morgan fingerprint density at radius 3 is 2.38 bits per heavy atom. The summed E-state index contributed by atoms with van der Waals surface area (Å²) < 4.78 is 18.6. The van der Waals surface area contributed by atoms with Crippen molar-refractivity contribution >= 4 is 34.9 Å². The van der Waals surface area contributed by atoms with E-state index < -0.39 is 17.8 Å². The zero-order valence-corrected chi connectivity index (χ0v) is 19.3. The van der Waals surface area contributed by atoms with Gasteiger partial charge in [0.05, 0.1) is 18.2 Å². The minimum Gasteiger partial charge on any atom is -0.462 e. The van der Waals surface area contributed by atoms with E-state index in [0.29, 0.717) is 28.5 Å². The standard InChI is InChI=1S/C24H26FN3O3S/c1-14(2)13-31-23(30)20-15(3)28(4)24(32)27-21(20)16-7-11-19(12-8-16)26-22(29)17-5-9-18(25)10-6-17/h5-12,14,21H,13H2,1-4H3,(H,26,29)(H,27,32). The predicted molar refractivity (Wildman–Crippen MR) is 126 cm³/mol. The van der Waals surface area contributed by atoms with Crippen LogP contribution >= 0.6 is 12.2 Å². The van der Waals surface area contributed by atoms with Crippen molar-refractivity contribution in [3.8, 4) is 0 Å². The molecule has 2 N–H and O–H groups in total. The molecule has 0 aliphatic carbocycles. The number of nitrogens with one attached hydrogen (secondary N) is 2. The fraction of sp³-hybridized carbons (Fsp3) is 0.292. The molecular formula is C24H26FN3O3S. The summed E-state index contributed by atoms with van der Waals surface area (Å²) in [6.45, 7) is 6.12. The Morgan fingerprint density at radius 2 is 1.78 bits per heavy atom. The maximum Gasteiger partial charge on any atom is 0.338 e. The number of amides is 1. The average Bonchev–Trinajstić information content (AvgIpc) is 2.76. The lowest BCUT2D eigenvalue weighted by molar-refractivity contribution is -0.140. The molecule has 2 aromatic rings. The fourth-order valence-electron chi connectivity index (χ4n) is 3.23. The number of halogens is 1. The van der Waals surface area contributed by atoms with Crippen molar-refractivity contribution in [2.45, 2.75) is 26.8 Å². The first kappa shape index (κ1) is 23.4. The first-order chi connectivity index (χ1) is 15.2. The van der Waals surface area contributed by atoms with Gasteiger partial charge >= 0.3 is 5.97 Å². The number of hydrogen-bond acceptors (Lipinski definition) is 4. The zero-order chi connectivity index (χ0) is 23.4. The van der Waals surface area contributed by atoms with Gasteiger partial charge in [-0.05, 0) is 67.0 Å². The number of carbonyl (C=O) groups excluding carboxylic acids is 2. The molecule has 168 valence electrons. The number of hydrogen-bond donors (Lipinski definition) is 2. The van der Waals surface area contributed by atoms with E-state index in [4.69, 9.17) is 17.0 Å². The number of carbonyl (C=O) groups is 2. The van der Waals surface area contributed by atoms with Gasteiger partial charge in [-0.25, -0.2) is 9.18 Å². The number of rotatable bonds is 6. The van der Waals surface area contributed by atoms with Gasteiger partial charge in [-0.3, -0.25) is 4.79 Å². The number of esters is 1. The molecule has 1 aliphatic heterocycles. The van der Waals surface area contributed by atoms with Crippen molar-refractivity contribution in [2.75, 3.05) is 19.0 Å². The predicted octanol–water partition coefficient (Wildman–Crippen LogP) is 4.41. The maximum absolute atomic E-state index is 13.1. The third kappa shape index (κ3) is 5.31. The molecule has 6 nitrogen and oxygen atoms in total. The molecule has 1 aliphatic rings. The second-order valence-corrected chi connectivity index (χ2v) is 8.40. The molecule has 0 bridgehead atoms. The summed E-state index contributed by atoms with van der Waals surface area (Å²) in [7, 11) is 1.80. The molecule has 1 atom stereocenters. The minimum atomic E-state index is -0.472. The molecule has 1 unspecified atom stereocenters. The normalized spacial score (nSPS) is 16.1. The molecule has 0 saturated heterocycles. The fourth-order valence-corrected chi connectivity index (χ4v) is 3.49. The second kappa shape index (κ2) is 9.91. The third-order valence-electron chi connectivity index (χ3n) is 5.13. The van der Waals surface area contributed by atoms with Gasteiger partial charge < -0.3 is 20.3 Å². The molecule has 8 heteroatoms. The monoisotopic (exact) mass is 455 g/mol. The number of allylic oxidation sites excluding steroid dienone is 1. The summed E-state index contributed by atoms with van der Waals surface area (Å²) in [6.07, 6.45) is 0. The Balaban J connectivity index is 1.81. The molecule has 0 fully saturated rings. The Morgan fingerprint density at radius 1 is 1.16 bits per heavy atom. The van der Waals surface area contributed by atoms with E-state index in [1.165, 1.54) is 24.3 Å². The Bertz CT molecular complexity index is 1050. The lowest BCUT2D eigenvalue weighted by atomic mass is 9.95. The topological polar surface area (TPSA) is 70.7 Å². The van der Waals surface area contributed by atoms with Gasteiger partial charge in [-0.2, -0.15) is 0 Å². The van der Waals surface area contributed by atoms with Crippen LogP contribution in [0.2, 0.25) is 0 Å². The number of ether oxygens (including phenoxy) is 1. The third-order valence-corrected chi connectivity index (χ3v) is 5.52. The average molecular weight is 456 g/mol. The van der Waals surface area contributed by atoms with Crippen LogP contribution in [0.1, 0.15) is 42.7 Å². The lowest BCUT2D eigenvalue weighted by Gasteiger charge is -2.35. The molecular weight excluding hydrogens is 429 g/mol. The molecule has 32 heavy (non-hydrogen) atoms. The van der Waals surface area contributed by atoms with Gasteiger partial charge in [0.15, 0.2) is 5.11 Å². The van der Waals surface area contributed by atoms with Crippen LogP contribution in [0, 0.1) is 11.7 Å². The van der Waals surface area contributed by atoms with Gasteiger partial charge in [0.1, 0.15) is 5.82 Å². The largest absolute Gasteiger partial charge is 0.462 e. The summed E-state index contributed by atoms with van der Waals surface area (Å²) in [5.41, 5.74) is 2.94. The van der Waals surface area contributed by atoms with Crippen LogP contribution in [-0.4, -0.2) is 35.5 Å². The summed E-state index contributed by atoms with van der Waals surface area (Å²) in [6, 6.07) is 12.0. The highest BCUT2D eigenvalue weighted by Crippen LogP contribution is 2.31. The van der Waals surface area contributed by atoms with Crippen LogP contribution in [0.5, 0.6) is 0 Å². The Kier molecular flexibility index (Phi) is 7.25. The number of benzene rings is 2. The summed E-state index contributed by atoms with van der Waals surface area (Å²) in [5, 5.41) is 6.48. The first-order valence-electron chi connectivity index (χ1n) is 10.3. The van der Waals surface area contributed by atoms with Gasteiger partial charge in [0.2, 0.25) is 0 Å². The number of anilines is 1. The minimum absolute atomic E-state index is 0.220. The molecule has 0 aromatic heterocycles. The quantitative estimate of drug-likeness (QED) is 0.497. The van der Waals surface area contributed by atoms with E-state index in [2.05, 4.69) is 10.6 Å². The SMILES string of the molecule is CC1=C(C(=O)OCC(C)C)C(c2ccc(NC(=O)c3ccc(F)cc3)cc2)NC(=S)N1C. The Labute approximate surface area is 192 Å². The van der Waals surface area contributed by atoms with Crippen LogP contribution in [0.3, 0.4) is 0 Å². The zero-order valence-electron chi connectivity index (χ0n) is 18.4. The summed E-state index contributed by atoms with van der Waals surface area (Å²) in [4.78, 5) is 27.0. The van der Waals surface area contributed by atoms with E-state index in [0.717, 1.165) is 11.3 Å². The summed E-state index contributed by atoms with van der Waals surface area (Å²) in [5.74, 6) is -0.917. The van der Waals surface area contributed by atoms with Crippen LogP contribution in [0.25, 0.3) is 0 Å². The van der Waals surface area contributed by atoms with Crippen molar-refractivity contribution in [2.24, 2.45) is 5.92 Å². The van der Waals surface area contributed by atoms with Gasteiger partial charge in [-0.1, -0.05) is 26.0 Å². The highest BCUT2D eigenvalue weighted by molar-refractivity contribution is 7.80. The summed E-state index contributed by atoms with van der Waals surface area (Å²) >= 11 is 5.42. The van der Waals surface area contributed by atoms with Crippen LogP contribution < -0.4 is 10.6 Å². The van der Waals surface area contributed by atoms with Gasteiger partial charge in [-0.15, -0.1) is 0 Å². The van der Waals surface area contributed by atoms with Crippen molar-refractivity contribution in [1.29, 1.82) is 0 Å². The van der Waals surface area contributed by atoms with Crippen molar-refractivity contribution in [3.05, 3.63) is 76.7 Å². The van der Waals surface area contributed by atoms with E-state index in [1.54, 1.807) is 24.1 Å². The number of thiocarbonyl (C=S) groups is 1. The molecule has 0 spiro atoms. The molecule has 0 saturated carbocycles. The van der Waals surface area contributed by atoms with Crippen LogP contribution in [0.15, 0.2) is 59.8 Å². The molecule has 1 heterocycles. The van der Waals surface area contributed by atoms with Gasteiger partial charge in [0.25, 0.3) is 5.91 Å². The van der Waals surface area contributed by atoms with E-state index in [-0.39, 0.29) is 11.8 Å².